The number of aryl methyl sites for hydroxylation is 1. The number of benzene rings is 2. The molecular formula is C18H22N2O5S. The van der Waals surface area contributed by atoms with Crippen LogP contribution < -0.4 is 15.2 Å². The second-order valence-corrected chi connectivity index (χ2v) is 7.07. The number of carbonyl (C=O) groups is 1. The van der Waals surface area contributed by atoms with Crippen LogP contribution in [0.4, 0.5) is 4.79 Å². The Hall–Kier alpha value is -2.58. The number of rotatable bonds is 8. The van der Waals surface area contributed by atoms with Gasteiger partial charge in [0.05, 0.1) is 11.4 Å². The first-order valence-electron chi connectivity index (χ1n) is 8.13. The minimum atomic E-state index is -3.75. The maximum atomic E-state index is 11.6. The van der Waals surface area contributed by atoms with E-state index in [1.165, 1.54) is 12.1 Å². The van der Waals surface area contributed by atoms with Gasteiger partial charge in [-0.1, -0.05) is 37.3 Å². The second-order valence-electron chi connectivity index (χ2n) is 5.51. The number of alkyl carbamates (subject to hydrolysis) is 1. The van der Waals surface area contributed by atoms with Gasteiger partial charge in [0.25, 0.3) is 0 Å². The number of nitrogens with two attached hydrogens (primary N) is 1. The number of carbonyl (C=O) groups excluding carboxylic acids is 1. The molecule has 0 aromatic heterocycles. The molecule has 8 heteroatoms. The highest BCUT2D eigenvalue weighted by molar-refractivity contribution is 7.89. The van der Waals surface area contributed by atoms with Crippen LogP contribution in [0, 0.1) is 0 Å². The van der Waals surface area contributed by atoms with Crippen LogP contribution in [0.2, 0.25) is 0 Å². The van der Waals surface area contributed by atoms with Crippen LogP contribution in [0.25, 0.3) is 0 Å². The van der Waals surface area contributed by atoms with Crippen LogP contribution in [0.3, 0.4) is 0 Å². The first kappa shape index (κ1) is 19.7. The molecule has 0 radical (unpaired) electrons. The molecule has 2 rings (SSSR count). The summed E-state index contributed by atoms with van der Waals surface area (Å²) in [6.07, 6.45) is 0.0587. The molecule has 0 bridgehead atoms. The Morgan fingerprint density at radius 1 is 1.15 bits per heavy atom. The zero-order chi connectivity index (χ0) is 19.0. The van der Waals surface area contributed by atoms with E-state index in [-0.39, 0.29) is 24.7 Å². The summed E-state index contributed by atoms with van der Waals surface area (Å²) in [5.41, 5.74) is 1.63. The number of hydrogen-bond acceptors (Lipinski definition) is 5. The van der Waals surface area contributed by atoms with Gasteiger partial charge in [-0.2, -0.15) is 0 Å². The third-order valence-corrected chi connectivity index (χ3v) is 4.49. The molecule has 26 heavy (non-hydrogen) atoms. The zero-order valence-electron chi connectivity index (χ0n) is 14.5. The molecule has 0 atom stereocenters. The molecular weight excluding hydrogens is 356 g/mol. The largest absolute Gasteiger partial charge is 0.491 e. The van der Waals surface area contributed by atoms with Gasteiger partial charge in [-0.25, -0.2) is 18.4 Å². The molecule has 1 amide bonds. The average Bonchev–Trinajstić information content (AvgIpc) is 2.63. The van der Waals surface area contributed by atoms with Crippen molar-refractivity contribution >= 4 is 16.1 Å². The highest BCUT2D eigenvalue weighted by Crippen LogP contribution is 2.22. The quantitative estimate of drug-likeness (QED) is 0.685. The Morgan fingerprint density at radius 2 is 1.88 bits per heavy atom. The monoisotopic (exact) mass is 378 g/mol. The van der Waals surface area contributed by atoms with Crippen LogP contribution in [0.1, 0.15) is 18.1 Å². The summed E-state index contributed by atoms with van der Waals surface area (Å²) in [6, 6.07) is 13.8. The number of primary sulfonamides is 1. The summed E-state index contributed by atoms with van der Waals surface area (Å²) in [7, 11) is -3.75. The molecule has 7 nitrogen and oxygen atoms in total. The number of amides is 1. The van der Waals surface area contributed by atoms with E-state index >= 15 is 0 Å². The number of ether oxygens (including phenoxy) is 2. The molecule has 2 aromatic rings. The van der Waals surface area contributed by atoms with Crippen LogP contribution in [0.15, 0.2) is 53.4 Å². The maximum Gasteiger partial charge on any atom is 0.407 e. The minimum absolute atomic E-state index is 0.0457. The second kappa shape index (κ2) is 9.21. The lowest BCUT2D eigenvalue weighted by Gasteiger charge is -2.12. The molecule has 0 saturated heterocycles. The van der Waals surface area contributed by atoms with Crippen LogP contribution >= 0.6 is 0 Å². The van der Waals surface area contributed by atoms with Gasteiger partial charge in [0.15, 0.2) is 0 Å². The molecule has 0 aliphatic heterocycles. The van der Waals surface area contributed by atoms with Gasteiger partial charge in [0.2, 0.25) is 10.0 Å². The van der Waals surface area contributed by atoms with Crippen LogP contribution in [-0.4, -0.2) is 27.7 Å². The van der Waals surface area contributed by atoms with Crippen molar-refractivity contribution in [1.29, 1.82) is 0 Å². The van der Waals surface area contributed by atoms with Crippen molar-refractivity contribution < 1.29 is 22.7 Å². The van der Waals surface area contributed by atoms with E-state index in [4.69, 9.17) is 14.6 Å². The molecule has 3 N–H and O–H groups in total. The van der Waals surface area contributed by atoms with E-state index in [2.05, 4.69) is 5.32 Å². The van der Waals surface area contributed by atoms with Crippen molar-refractivity contribution in [3.8, 4) is 5.75 Å². The smallest absolute Gasteiger partial charge is 0.407 e. The summed E-state index contributed by atoms with van der Waals surface area (Å²) in [5, 5.41) is 7.72. The molecule has 0 aliphatic carbocycles. The molecule has 2 aromatic carbocycles. The van der Waals surface area contributed by atoms with E-state index in [0.29, 0.717) is 12.2 Å². The fourth-order valence-electron chi connectivity index (χ4n) is 2.24. The first-order chi connectivity index (χ1) is 12.4. The fraction of sp³-hybridized carbons (Fsp3) is 0.278. The third-order valence-electron chi connectivity index (χ3n) is 3.58. The van der Waals surface area contributed by atoms with E-state index in [9.17, 15) is 13.2 Å². The summed E-state index contributed by atoms with van der Waals surface area (Å²) in [4.78, 5) is 11.7. The number of sulfonamides is 1. The van der Waals surface area contributed by atoms with Crippen molar-refractivity contribution in [2.75, 3.05) is 13.2 Å². The van der Waals surface area contributed by atoms with E-state index < -0.39 is 16.1 Å². The molecule has 0 unspecified atom stereocenters. The highest BCUT2D eigenvalue weighted by atomic mass is 32.2. The molecule has 0 heterocycles. The van der Waals surface area contributed by atoms with E-state index in [0.717, 1.165) is 11.1 Å². The Bertz CT molecular complexity index is 838. The van der Waals surface area contributed by atoms with Gasteiger partial charge >= 0.3 is 6.09 Å². The molecule has 0 saturated carbocycles. The van der Waals surface area contributed by atoms with Crippen LogP contribution in [-0.2, 0) is 27.8 Å². The summed E-state index contributed by atoms with van der Waals surface area (Å²) in [6.45, 7) is 2.56. The Balaban J connectivity index is 1.78. The molecule has 0 aliphatic rings. The predicted octanol–water partition coefficient (Wildman–Crippen LogP) is 2.20. The standard InChI is InChI=1S/C18H22N2O5S/c1-2-15-12-16(26(19,22)23)8-9-17(15)24-11-10-20-18(21)25-13-14-6-4-3-5-7-14/h3-9,12H,2,10-11,13H2,1H3,(H,20,21)(H2,19,22,23). The SMILES string of the molecule is CCc1cc(S(N)(=O)=O)ccc1OCCNC(=O)OCc1ccccc1. The lowest BCUT2D eigenvalue weighted by Crippen LogP contribution is -2.28. The molecule has 0 spiro atoms. The minimum Gasteiger partial charge on any atom is -0.491 e. The Morgan fingerprint density at radius 3 is 2.54 bits per heavy atom. The first-order valence-corrected chi connectivity index (χ1v) is 9.68. The summed E-state index contributed by atoms with van der Waals surface area (Å²) < 4.78 is 33.5. The van der Waals surface area contributed by atoms with Crippen molar-refractivity contribution in [3.63, 3.8) is 0 Å². The van der Waals surface area contributed by atoms with Gasteiger partial charge in [-0.05, 0) is 35.7 Å². The van der Waals surface area contributed by atoms with Gasteiger partial charge in [0, 0.05) is 0 Å². The average molecular weight is 378 g/mol. The highest BCUT2D eigenvalue weighted by Gasteiger charge is 2.11. The van der Waals surface area contributed by atoms with Crippen molar-refractivity contribution in [2.45, 2.75) is 24.8 Å². The number of hydrogen-bond donors (Lipinski definition) is 2. The molecule has 0 fully saturated rings. The summed E-state index contributed by atoms with van der Waals surface area (Å²) in [5.74, 6) is 0.555. The van der Waals surface area contributed by atoms with Gasteiger partial charge in [0.1, 0.15) is 19.0 Å². The third kappa shape index (κ3) is 6.05. The lowest BCUT2D eigenvalue weighted by atomic mass is 10.1. The normalized spacial score (nSPS) is 11.0. The van der Waals surface area contributed by atoms with Crippen molar-refractivity contribution in [1.82, 2.24) is 5.32 Å². The maximum absolute atomic E-state index is 11.6. The van der Waals surface area contributed by atoms with Crippen LogP contribution in [0.5, 0.6) is 5.75 Å². The fourth-order valence-corrected chi connectivity index (χ4v) is 2.80. The summed E-state index contributed by atoms with van der Waals surface area (Å²) >= 11 is 0. The lowest BCUT2D eigenvalue weighted by molar-refractivity contribution is 0.137. The van der Waals surface area contributed by atoms with Crippen molar-refractivity contribution in [3.05, 3.63) is 59.7 Å². The zero-order valence-corrected chi connectivity index (χ0v) is 15.3. The predicted molar refractivity (Wildman–Crippen MR) is 97.3 cm³/mol. The topological polar surface area (TPSA) is 108 Å². The van der Waals surface area contributed by atoms with Gasteiger partial charge in [-0.3, -0.25) is 0 Å². The van der Waals surface area contributed by atoms with Gasteiger partial charge in [-0.15, -0.1) is 0 Å². The van der Waals surface area contributed by atoms with E-state index in [1.54, 1.807) is 6.07 Å². The van der Waals surface area contributed by atoms with Gasteiger partial charge < -0.3 is 14.8 Å². The van der Waals surface area contributed by atoms with Crippen molar-refractivity contribution in [2.24, 2.45) is 5.14 Å². The molecule has 140 valence electrons. The number of nitrogens with one attached hydrogen (secondary N) is 1. The Kier molecular flexibility index (Phi) is 6.99. The van der Waals surface area contributed by atoms with E-state index in [1.807, 2.05) is 37.3 Å². The Labute approximate surface area is 153 Å².